The zero-order chi connectivity index (χ0) is 12.3. The van der Waals surface area contributed by atoms with Crippen molar-refractivity contribution in [2.45, 2.75) is 38.8 Å². The average molecular weight is 252 g/mol. The lowest BCUT2D eigenvalue weighted by Gasteiger charge is -2.08. The number of aliphatic hydroxyl groups excluding tert-OH is 1. The minimum atomic E-state index is -0.560. The van der Waals surface area contributed by atoms with Crippen molar-refractivity contribution in [2.75, 3.05) is 0 Å². The average Bonchev–Trinajstić information content (AvgIpc) is 2.98. The van der Waals surface area contributed by atoms with E-state index >= 15 is 0 Å². The van der Waals surface area contributed by atoms with Gasteiger partial charge in [-0.05, 0) is 30.9 Å². The molecule has 17 heavy (non-hydrogen) atoms. The SMILES string of the molecule is CCC(C)n1ccc(CC(O)c2cnns2)n1. The Labute approximate surface area is 104 Å². The molecule has 92 valence electrons. The van der Waals surface area contributed by atoms with Crippen molar-refractivity contribution in [1.82, 2.24) is 19.4 Å². The lowest BCUT2D eigenvalue weighted by Crippen LogP contribution is -2.06. The van der Waals surface area contributed by atoms with Crippen LogP contribution in [0.25, 0.3) is 0 Å². The molecular weight excluding hydrogens is 236 g/mol. The molecule has 0 radical (unpaired) electrons. The maximum Gasteiger partial charge on any atom is 0.0970 e. The molecule has 0 aliphatic heterocycles. The zero-order valence-corrected chi connectivity index (χ0v) is 10.8. The lowest BCUT2D eigenvalue weighted by atomic mass is 10.2. The van der Waals surface area contributed by atoms with E-state index in [0.29, 0.717) is 12.5 Å². The van der Waals surface area contributed by atoms with Gasteiger partial charge in [-0.1, -0.05) is 11.4 Å². The van der Waals surface area contributed by atoms with Crippen LogP contribution in [-0.4, -0.2) is 24.5 Å². The lowest BCUT2D eigenvalue weighted by molar-refractivity contribution is 0.180. The summed E-state index contributed by atoms with van der Waals surface area (Å²) in [5, 5.41) is 18.1. The zero-order valence-electron chi connectivity index (χ0n) is 9.95. The molecular formula is C11H16N4OS. The Morgan fingerprint density at radius 3 is 3.00 bits per heavy atom. The second-order valence-electron chi connectivity index (χ2n) is 4.08. The van der Waals surface area contributed by atoms with Crippen molar-refractivity contribution in [1.29, 1.82) is 0 Å². The maximum atomic E-state index is 9.95. The number of aromatic nitrogens is 4. The fourth-order valence-electron chi connectivity index (χ4n) is 1.54. The molecule has 0 bridgehead atoms. The smallest absolute Gasteiger partial charge is 0.0970 e. The summed E-state index contributed by atoms with van der Waals surface area (Å²) in [7, 11) is 0. The molecule has 2 aromatic rings. The van der Waals surface area contributed by atoms with Crippen molar-refractivity contribution >= 4 is 11.5 Å². The first kappa shape index (κ1) is 12.2. The molecule has 1 N–H and O–H groups in total. The third kappa shape index (κ3) is 2.89. The van der Waals surface area contributed by atoms with E-state index in [4.69, 9.17) is 0 Å². The largest absolute Gasteiger partial charge is 0.387 e. The number of rotatable bonds is 5. The topological polar surface area (TPSA) is 63.8 Å². The molecule has 0 aliphatic carbocycles. The summed E-state index contributed by atoms with van der Waals surface area (Å²) in [6, 6.07) is 2.34. The monoisotopic (exact) mass is 252 g/mol. The Morgan fingerprint density at radius 1 is 1.53 bits per heavy atom. The highest BCUT2D eigenvalue weighted by Crippen LogP contribution is 2.19. The van der Waals surface area contributed by atoms with Gasteiger partial charge in [-0.25, -0.2) is 0 Å². The minimum Gasteiger partial charge on any atom is -0.387 e. The minimum absolute atomic E-state index is 0.394. The second-order valence-corrected chi connectivity index (χ2v) is 4.90. The predicted octanol–water partition coefficient (Wildman–Crippen LogP) is 1.98. The number of hydrogen-bond acceptors (Lipinski definition) is 5. The van der Waals surface area contributed by atoms with Crippen molar-refractivity contribution < 1.29 is 5.11 Å². The molecule has 0 saturated carbocycles. The number of nitrogens with zero attached hydrogens (tertiary/aromatic N) is 4. The third-order valence-corrected chi connectivity index (χ3v) is 3.58. The van der Waals surface area contributed by atoms with Gasteiger partial charge < -0.3 is 5.11 Å². The summed E-state index contributed by atoms with van der Waals surface area (Å²) < 4.78 is 5.68. The third-order valence-electron chi connectivity index (χ3n) is 2.82. The Hall–Kier alpha value is -1.27. The molecule has 0 spiro atoms. The molecule has 5 nitrogen and oxygen atoms in total. The van der Waals surface area contributed by atoms with Crippen LogP contribution in [0.2, 0.25) is 0 Å². The van der Waals surface area contributed by atoms with E-state index in [1.54, 1.807) is 6.20 Å². The van der Waals surface area contributed by atoms with E-state index in [0.717, 1.165) is 17.0 Å². The summed E-state index contributed by atoms with van der Waals surface area (Å²) in [5.74, 6) is 0. The van der Waals surface area contributed by atoms with Crippen LogP contribution in [0.4, 0.5) is 0 Å². The molecule has 6 heteroatoms. The maximum absolute atomic E-state index is 9.95. The molecule has 2 unspecified atom stereocenters. The van der Waals surface area contributed by atoms with Gasteiger partial charge in [0.15, 0.2) is 0 Å². The van der Waals surface area contributed by atoms with Crippen LogP contribution >= 0.6 is 11.5 Å². The van der Waals surface area contributed by atoms with Crippen LogP contribution in [0, 0.1) is 0 Å². The van der Waals surface area contributed by atoms with E-state index in [1.807, 2.05) is 16.9 Å². The van der Waals surface area contributed by atoms with Crippen LogP contribution in [0.3, 0.4) is 0 Å². The standard InChI is InChI=1S/C11H16N4OS/c1-3-8(2)15-5-4-9(13-15)6-10(16)11-7-12-14-17-11/h4-5,7-8,10,16H,3,6H2,1-2H3. The van der Waals surface area contributed by atoms with Gasteiger partial charge in [0.1, 0.15) is 0 Å². The Bertz CT molecular complexity index is 454. The van der Waals surface area contributed by atoms with E-state index in [1.165, 1.54) is 11.5 Å². The van der Waals surface area contributed by atoms with Gasteiger partial charge in [0.2, 0.25) is 0 Å². The fourth-order valence-corrected chi connectivity index (χ4v) is 2.03. The van der Waals surface area contributed by atoms with Crippen molar-refractivity contribution in [3.8, 4) is 0 Å². The van der Waals surface area contributed by atoms with Gasteiger partial charge in [-0.3, -0.25) is 4.68 Å². The van der Waals surface area contributed by atoms with E-state index in [2.05, 4.69) is 28.5 Å². The van der Waals surface area contributed by atoms with Crippen LogP contribution < -0.4 is 0 Å². The molecule has 0 aromatic carbocycles. The van der Waals surface area contributed by atoms with E-state index < -0.39 is 6.10 Å². The summed E-state index contributed by atoms with van der Waals surface area (Å²) in [4.78, 5) is 0.781. The Morgan fingerprint density at radius 2 is 2.35 bits per heavy atom. The van der Waals surface area contributed by atoms with Gasteiger partial charge in [-0.2, -0.15) is 5.10 Å². The Balaban J connectivity index is 2.02. The predicted molar refractivity (Wildman–Crippen MR) is 65.8 cm³/mol. The van der Waals surface area contributed by atoms with Crippen molar-refractivity contribution in [3.05, 3.63) is 29.0 Å². The van der Waals surface area contributed by atoms with Crippen LogP contribution in [-0.2, 0) is 6.42 Å². The highest BCUT2D eigenvalue weighted by molar-refractivity contribution is 7.05. The summed E-state index contributed by atoms with van der Waals surface area (Å²) in [5.41, 5.74) is 0.895. The molecule has 0 fully saturated rings. The fraction of sp³-hybridized carbons (Fsp3) is 0.545. The normalized spacial score (nSPS) is 14.8. The van der Waals surface area contributed by atoms with E-state index in [-0.39, 0.29) is 0 Å². The van der Waals surface area contributed by atoms with Crippen molar-refractivity contribution in [2.24, 2.45) is 0 Å². The molecule has 2 aromatic heterocycles. The Kier molecular flexibility index (Phi) is 3.86. The highest BCUT2D eigenvalue weighted by Gasteiger charge is 2.13. The van der Waals surface area contributed by atoms with Gasteiger partial charge >= 0.3 is 0 Å². The van der Waals surface area contributed by atoms with Gasteiger partial charge in [0.05, 0.1) is 22.9 Å². The van der Waals surface area contributed by atoms with Gasteiger partial charge in [0.25, 0.3) is 0 Å². The number of hydrogen-bond donors (Lipinski definition) is 1. The quantitative estimate of drug-likeness (QED) is 0.883. The molecule has 2 atom stereocenters. The summed E-state index contributed by atoms with van der Waals surface area (Å²) in [6.07, 6.45) is 4.55. The molecule has 0 amide bonds. The first-order valence-corrected chi connectivity index (χ1v) is 6.47. The highest BCUT2D eigenvalue weighted by atomic mass is 32.1. The number of aliphatic hydroxyl groups is 1. The molecule has 2 rings (SSSR count). The molecule has 0 saturated heterocycles. The molecule has 2 heterocycles. The van der Waals surface area contributed by atoms with Gasteiger partial charge in [-0.15, -0.1) is 5.10 Å². The summed E-state index contributed by atoms with van der Waals surface area (Å²) in [6.45, 7) is 4.25. The molecule has 0 aliphatic rings. The second kappa shape index (κ2) is 5.37. The van der Waals surface area contributed by atoms with Crippen molar-refractivity contribution in [3.63, 3.8) is 0 Å². The van der Waals surface area contributed by atoms with Crippen LogP contribution in [0.5, 0.6) is 0 Å². The summed E-state index contributed by atoms with van der Waals surface area (Å²) >= 11 is 1.22. The van der Waals surface area contributed by atoms with Crippen LogP contribution in [0.15, 0.2) is 18.5 Å². The van der Waals surface area contributed by atoms with Crippen LogP contribution in [0.1, 0.15) is 43.0 Å². The van der Waals surface area contributed by atoms with E-state index in [9.17, 15) is 5.11 Å². The first-order chi connectivity index (χ1) is 8.20. The van der Waals surface area contributed by atoms with Gasteiger partial charge in [0, 0.05) is 18.7 Å². The first-order valence-electron chi connectivity index (χ1n) is 5.70.